The van der Waals surface area contributed by atoms with E-state index in [9.17, 15) is 25.2 Å². The number of aromatic nitrogens is 2. The minimum atomic E-state index is -1.63. The Kier molecular flexibility index (Phi) is 8.11. The molecule has 24 heavy (non-hydrogen) atoms. The van der Waals surface area contributed by atoms with Gasteiger partial charge in [0.15, 0.2) is 0 Å². The Hall–Kier alpha value is -1.69. The summed E-state index contributed by atoms with van der Waals surface area (Å²) in [7, 11) is 0. The van der Waals surface area contributed by atoms with E-state index in [1.165, 1.54) is 13.1 Å². The van der Waals surface area contributed by atoms with Crippen LogP contribution in [-0.2, 0) is 11.2 Å². The Morgan fingerprint density at radius 1 is 1.08 bits per heavy atom. The molecule has 0 aliphatic carbocycles. The molecule has 5 atom stereocenters. The third-order valence-corrected chi connectivity index (χ3v) is 3.40. The first-order valence-electron chi connectivity index (χ1n) is 7.32. The van der Waals surface area contributed by atoms with Crippen molar-refractivity contribution in [3.05, 3.63) is 23.8 Å². The first-order chi connectivity index (χ1) is 11.3. The summed E-state index contributed by atoms with van der Waals surface area (Å²) in [6.45, 7) is 0.0926. The summed E-state index contributed by atoms with van der Waals surface area (Å²) in [5, 5.41) is 59.0. The van der Waals surface area contributed by atoms with Crippen LogP contribution in [0.5, 0.6) is 0 Å². The van der Waals surface area contributed by atoms with E-state index >= 15 is 0 Å². The Balaban J connectivity index is 2.71. The Morgan fingerprint density at radius 3 is 2.21 bits per heavy atom. The number of carbonyl (C=O) groups is 1. The SMILES string of the molecule is CC(=O)N[C@@H](CO)[C@H](O)Cc1cnc([C@@H](O)[C@H](O)[C@H](O)CO)cn1. The average Bonchev–Trinajstić information content (AvgIpc) is 2.57. The molecule has 1 rings (SSSR count). The van der Waals surface area contributed by atoms with Crippen molar-refractivity contribution < 1.29 is 35.4 Å². The molecule has 10 nitrogen and oxygen atoms in total. The van der Waals surface area contributed by atoms with Crippen molar-refractivity contribution >= 4 is 5.91 Å². The number of hydrogen-bond acceptors (Lipinski definition) is 9. The standard InChI is InChI=1S/C14H23N3O7/c1-7(20)17-10(5-18)11(21)2-8-3-16-9(4-15-8)13(23)14(24)12(22)6-19/h3-4,10-14,18-19,21-24H,2,5-6H2,1H3,(H,17,20)/t10-,11+,12+,13+,14+/m0/s1. The zero-order valence-electron chi connectivity index (χ0n) is 13.1. The second-order valence-electron chi connectivity index (χ2n) is 5.38. The van der Waals surface area contributed by atoms with Gasteiger partial charge in [0, 0.05) is 19.5 Å². The van der Waals surface area contributed by atoms with Crippen molar-refractivity contribution in [1.82, 2.24) is 15.3 Å². The fourth-order valence-corrected chi connectivity index (χ4v) is 2.00. The molecule has 7 N–H and O–H groups in total. The number of carbonyl (C=O) groups excluding carboxylic acids is 1. The van der Waals surface area contributed by atoms with Crippen molar-refractivity contribution in [2.24, 2.45) is 0 Å². The lowest BCUT2D eigenvalue weighted by Crippen LogP contribution is -2.46. The maximum atomic E-state index is 11.0. The van der Waals surface area contributed by atoms with Crippen molar-refractivity contribution in [3.8, 4) is 0 Å². The number of nitrogens with zero attached hydrogens (tertiary/aromatic N) is 2. The van der Waals surface area contributed by atoms with Gasteiger partial charge in [-0.3, -0.25) is 14.8 Å². The summed E-state index contributed by atoms with van der Waals surface area (Å²) in [5.41, 5.74) is 0.313. The normalized spacial score (nSPS) is 17.6. The Morgan fingerprint density at radius 2 is 1.75 bits per heavy atom. The van der Waals surface area contributed by atoms with Crippen LogP contribution < -0.4 is 5.32 Å². The van der Waals surface area contributed by atoms with Crippen LogP contribution in [0.25, 0.3) is 0 Å². The van der Waals surface area contributed by atoms with Crippen molar-refractivity contribution in [1.29, 1.82) is 0 Å². The fraction of sp³-hybridized carbons (Fsp3) is 0.643. The fourth-order valence-electron chi connectivity index (χ4n) is 2.00. The van der Waals surface area contributed by atoms with E-state index in [-0.39, 0.29) is 12.1 Å². The highest BCUT2D eigenvalue weighted by atomic mass is 16.4. The lowest BCUT2D eigenvalue weighted by atomic mass is 10.1. The lowest BCUT2D eigenvalue weighted by molar-refractivity contribution is -0.121. The van der Waals surface area contributed by atoms with Gasteiger partial charge in [-0.1, -0.05) is 0 Å². The molecular weight excluding hydrogens is 322 g/mol. The summed E-state index contributed by atoms with van der Waals surface area (Å²) in [6.07, 6.45) is -3.37. The number of amides is 1. The highest BCUT2D eigenvalue weighted by molar-refractivity contribution is 5.73. The summed E-state index contributed by atoms with van der Waals surface area (Å²) < 4.78 is 0. The number of rotatable bonds is 9. The van der Waals surface area contributed by atoms with Gasteiger partial charge in [0.25, 0.3) is 0 Å². The van der Waals surface area contributed by atoms with Crippen molar-refractivity contribution in [2.75, 3.05) is 13.2 Å². The molecule has 0 aliphatic heterocycles. The average molecular weight is 345 g/mol. The van der Waals surface area contributed by atoms with Crippen LogP contribution in [-0.4, -0.2) is 84.1 Å². The molecule has 0 aromatic carbocycles. The largest absolute Gasteiger partial charge is 0.394 e. The molecular formula is C14H23N3O7. The quantitative estimate of drug-likeness (QED) is 0.241. The third kappa shape index (κ3) is 5.74. The van der Waals surface area contributed by atoms with Crippen molar-refractivity contribution in [3.63, 3.8) is 0 Å². The summed E-state index contributed by atoms with van der Waals surface area (Å²) >= 11 is 0. The zero-order valence-corrected chi connectivity index (χ0v) is 13.1. The molecule has 0 bridgehead atoms. The lowest BCUT2D eigenvalue weighted by Gasteiger charge is -2.22. The maximum Gasteiger partial charge on any atom is 0.217 e. The molecule has 136 valence electrons. The first-order valence-corrected chi connectivity index (χ1v) is 7.32. The van der Waals surface area contributed by atoms with Gasteiger partial charge in [-0.25, -0.2) is 0 Å². The van der Waals surface area contributed by atoms with Crippen LogP contribution in [0.3, 0.4) is 0 Å². The highest BCUT2D eigenvalue weighted by Crippen LogP contribution is 2.16. The topological polar surface area (TPSA) is 176 Å². The second-order valence-corrected chi connectivity index (χ2v) is 5.38. The van der Waals surface area contributed by atoms with E-state index < -0.39 is 49.6 Å². The molecule has 0 saturated carbocycles. The monoisotopic (exact) mass is 345 g/mol. The van der Waals surface area contributed by atoms with E-state index in [4.69, 9.17) is 10.2 Å². The van der Waals surface area contributed by atoms with Crippen LogP contribution in [0.2, 0.25) is 0 Å². The summed E-state index contributed by atoms with van der Waals surface area (Å²) in [5.74, 6) is -0.394. The third-order valence-electron chi connectivity index (χ3n) is 3.40. The van der Waals surface area contributed by atoms with Gasteiger partial charge in [0.1, 0.15) is 18.3 Å². The van der Waals surface area contributed by atoms with Crippen LogP contribution in [0.1, 0.15) is 24.4 Å². The Bertz CT molecular complexity index is 514. The van der Waals surface area contributed by atoms with Crippen LogP contribution >= 0.6 is 0 Å². The van der Waals surface area contributed by atoms with Gasteiger partial charge in [-0.05, 0) is 0 Å². The predicted molar refractivity (Wildman–Crippen MR) is 80.5 cm³/mol. The van der Waals surface area contributed by atoms with Gasteiger partial charge in [-0.2, -0.15) is 0 Å². The number of hydrogen-bond donors (Lipinski definition) is 7. The minimum Gasteiger partial charge on any atom is -0.394 e. The van der Waals surface area contributed by atoms with Crippen LogP contribution in [0.4, 0.5) is 0 Å². The first kappa shape index (κ1) is 20.4. The van der Waals surface area contributed by atoms with Crippen molar-refractivity contribution in [2.45, 2.75) is 43.8 Å². The van der Waals surface area contributed by atoms with E-state index in [1.54, 1.807) is 0 Å². The molecule has 0 spiro atoms. The number of aliphatic hydroxyl groups is 6. The van der Waals surface area contributed by atoms with E-state index in [1.807, 2.05) is 0 Å². The predicted octanol–water partition coefficient (Wildman–Crippen LogP) is -3.38. The molecule has 1 aromatic heterocycles. The molecule has 0 radical (unpaired) electrons. The van der Waals surface area contributed by atoms with Gasteiger partial charge in [0.2, 0.25) is 5.91 Å². The van der Waals surface area contributed by atoms with Gasteiger partial charge in [0.05, 0.1) is 42.9 Å². The highest BCUT2D eigenvalue weighted by Gasteiger charge is 2.27. The van der Waals surface area contributed by atoms with Crippen LogP contribution in [0.15, 0.2) is 12.4 Å². The van der Waals surface area contributed by atoms with Gasteiger partial charge < -0.3 is 36.0 Å². The van der Waals surface area contributed by atoms with E-state index in [0.717, 1.165) is 6.20 Å². The van der Waals surface area contributed by atoms with E-state index in [2.05, 4.69) is 15.3 Å². The second kappa shape index (κ2) is 9.57. The molecule has 0 saturated heterocycles. The number of nitrogens with one attached hydrogen (secondary N) is 1. The molecule has 1 aromatic rings. The smallest absolute Gasteiger partial charge is 0.217 e. The molecule has 0 fully saturated rings. The maximum absolute atomic E-state index is 11.0. The summed E-state index contributed by atoms with van der Waals surface area (Å²) in [6, 6.07) is -0.851. The molecule has 1 heterocycles. The molecule has 0 unspecified atom stereocenters. The number of aliphatic hydroxyl groups excluding tert-OH is 6. The summed E-state index contributed by atoms with van der Waals surface area (Å²) in [4.78, 5) is 18.8. The van der Waals surface area contributed by atoms with E-state index in [0.29, 0.717) is 5.69 Å². The van der Waals surface area contributed by atoms with Crippen LogP contribution in [0, 0.1) is 0 Å². The molecule has 1 amide bonds. The minimum absolute atomic E-state index is 0.00327. The van der Waals surface area contributed by atoms with Gasteiger partial charge >= 0.3 is 0 Å². The Labute approximate surface area is 138 Å². The van der Waals surface area contributed by atoms with Gasteiger partial charge in [-0.15, -0.1) is 0 Å². The molecule has 10 heteroatoms. The zero-order chi connectivity index (χ0) is 18.3. The molecule has 0 aliphatic rings.